The maximum absolute atomic E-state index is 5.67. The summed E-state index contributed by atoms with van der Waals surface area (Å²) in [5, 5.41) is 7.65. The van der Waals surface area contributed by atoms with E-state index in [9.17, 15) is 0 Å². The zero-order chi connectivity index (χ0) is 12.8. The molecule has 1 aliphatic rings. The molecule has 4 nitrogen and oxygen atoms in total. The van der Waals surface area contributed by atoms with Gasteiger partial charge in [-0.05, 0) is 57.1 Å². The van der Waals surface area contributed by atoms with Crippen molar-refractivity contribution in [2.75, 3.05) is 13.2 Å². The molecule has 2 heterocycles. The molecule has 18 heavy (non-hydrogen) atoms. The van der Waals surface area contributed by atoms with Gasteiger partial charge in [0.05, 0.1) is 16.7 Å². The molecule has 5 heteroatoms. The topological polar surface area (TPSA) is 47.0 Å². The van der Waals surface area contributed by atoms with Gasteiger partial charge >= 0.3 is 0 Å². The highest BCUT2D eigenvalue weighted by Crippen LogP contribution is 2.26. The van der Waals surface area contributed by atoms with Crippen LogP contribution in [-0.4, -0.2) is 28.8 Å². The highest BCUT2D eigenvalue weighted by Gasteiger charge is 2.19. The highest BCUT2D eigenvalue weighted by molar-refractivity contribution is 7.05. The minimum Gasteiger partial charge on any atom is -0.378 e. The van der Waals surface area contributed by atoms with E-state index >= 15 is 0 Å². The third-order valence-electron chi connectivity index (χ3n) is 3.50. The highest BCUT2D eigenvalue weighted by atomic mass is 32.1. The lowest BCUT2D eigenvalue weighted by Crippen LogP contribution is -2.21. The number of aromatic nitrogens is 2. The molecule has 0 aliphatic carbocycles. The van der Waals surface area contributed by atoms with E-state index in [4.69, 9.17) is 4.74 Å². The Bertz CT molecular complexity index is 350. The van der Waals surface area contributed by atoms with E-state index in [-0.39, 0.29) is 0 Å². The van der Waals surface area contributed by atoms with Crippen LogP contribution in [-0.2, 0) is 4.74 Å². The maximum Gasteiger partial charge on any atom is 0.0772 e. The minimum absolute atomic E-state index is 0.413. The number of hydrogen-bond acceptors (Lipinski definition) is 5. The fraction of sp³-hybridized carbons (Fsp3) is 0.846. The van der Waals surface area contributed by atoms with Crippen LogP contribution in [0.4, 0.5) is 0 Å². The maximum atomic E-state index is 5.67. The first-order chi connectivity index (χ1) is 8.81. The van der Waals surface area contributed by atoms with Crippen LogP contribution >= 0.6 is 11.5 Å². The van der Waals surface area contributed by atoms with Crippen molar-refractivity contribution in [2.24, 2.45) is 0 Å². The predicted octanol–water partition coefficient (Wildman–Crippen LogP) is 2.85. The van der Waals surface area contributed by atoms with Gasteiger partial charge in [-0.1, -0.05) is 11.4 Å². The van der Waals surface area contributed by atoms with Crippen molar-refractivity contribution in [3.8, 4) is 0 Å². The van der Waals surface area contributed by atoms with Gasteiger partial charge in [-0.3, -0.25) is 0 Å². The van der Waals surface area contributed by atoms with Crippen molar-refractivity contribution in [1.82, 2.24) is 14.9 Å². The van der Waals surface area contributed by atoms with Gasteiger partial charge in [0.1, 0.15) is 0 Å². The molecule has 2 atom stereocenters. The number of rotatable bonds is 7. The van der Waals surface area contributed by atoms with E-state index < -0.39 is 0 Å². The smallest absolute Gasteiger partial charge is 0.0772 e. The first-order valence-corrected chi connectivity index (χ1v) is 7.72. The summed E-state index contributed by atoms with van der Waals surface area (Å²) in [6.45, 7) is 6.14. The van der Waals surface area contributed by atoms with Crippen molar-refractivity contribution in [3.63, 3.8) is 0 Å². The van der Waals surface area contributed by atoms with Crippen molar-refractivity contribution in [1.29, 1.82) is 0 Å². The Kier molecular flexibility index (Phi) is 5.53. The van der Waals surface area contributed by atoms with Gasteiger partial charge < -0.3 is 10.1 Å². The summed E-state index contributed by atoms with van der Waals surface area (Å²) in [5.41, 5.74) is 1.07. The molecule has 102 valence electrons. The molecule has 0 spiro atoms. The van der Waals surface area contributed by atoms with Gasteiger partial charge in [0, 0.05) is 12.6 Å². The molecule has 1 N–H and O–H groups in total. The Morgan fingerprint density at radius 2 is 2.44 bits per heavy atom. The average Bonchev–Trinajstić information content (AvgIpc) is 2.99. The lowest BCUT2D eigenvalue weighted by Gasteiger charge is -2.17. The van der Waals surface area contributed by atoms with Crippen LogP contribution in [0.3, 0.4) is 0 Å². The summed E-state index contributed by atoms with van der Waals surface area (Å²) in [5.74, 6) is 0. The van der Waals surface area contributed by atoms with Crippen LogP contribution in [0.2, 0.25) is 0 Å². The average molecular weight is 269 g/mol. The second-order valence-electron chi connectivity index (χ2n) is 4.90. The zero-order valence-corrected chi connectivity index (χ0v) is 12.1. The predicted molar refractivity (Wildman–Crippen MR) is 73.9 cm³/mol. The Hall–Kier alpha value is -0.520. The summed E-state index contributed by atoms with van der Waals surface area (Å²) in [6, 6.07) is 0.413. The van der Waals surface area contributed by atoms with Crippen LogP contribution in [0.5, 0.6) is 0 Å². The molecule has 0 amide bonds. The lowest BCUT2D eigenvalue weighted by atomic mass is 10.0. The van der Waals surface area contributed by atoms with E-state index in [0.29, 0.717) is 12.1 Å². The number of hydrogen-bond donors (Lipinski definition) is 1. The summed E-state index contributed by atoms with van der Waals surface area (Å²) in [6.07, 6.45) is 6.53. The second-order valence-corrected chi connectivity index (χ2v) is 5.68. The van der Waals surface area contributed by atoms with Gasteiger partial charge in [-0.25, -0.2) is 0 Å². The first-order valence-electron chi connectivity index (χ1n) is 6.95. The zero-order valence-electron chi connectivity index (χ0n) is 11.3. The molecule has 1 aromatic rings. The molecule has 1 fully saturated rings. The Morgan fingerprint density at radius 3 is 3.06 bits per heavy atom. The van der Waals surface area contributed by atoms with Crippen LogP contribution in [0.15, 0.2) is 0 Å². The van der Waals surface area contributed by atoms with Gasteiger partial charge in [-0.2, -0.15) is 0 Å². The number of aryl methyl sites for hydroxylation is 1. The molecule has 2 unspecified atom stereocenters. The van der Waals surface area contributed by atoms with Gasteiger partial charge in [0.25, 0.3) is 0 Å². The minimum atomic E-state index is 0.413. The van der Waals surface area contributed by atoms with Crippen molar-refractivity contribution < 1.29 is 4.74 Å². The summed E-state index contributed by atoms with van der Waals surface area (Å²) >= 11 is 1.53. The quantitative estimate of drug-likeness (QED) is 0.827. The monoisotopic (exact) mass is 269 g/mol. The Labute approximate surface area is 113 Å². The Balaban J connectivity index is 1.80. The molecule has 1 aliphatic heterocycles. The third kappa shape index (κ3) is 3.73. The molecule has 0 radical (unpaired) electrons. The number of nitrogens with zero attached hydrogens (tertiary/aromatic N) is 2. The van der Waals surface area contributed by atoms with Gasteiger partial charge in [0.15, 0.2) is 0 Å². The molecule has 1 aromatic heterocycles. The van der Waals surface area contributed by atoms with Crippen molar-refractivity contribution in [2.45, 2.75) is 58.1 Å². The summed E-state index contributed by atoms with van der Waals surface area (Å²) in [7, 11) is 0. The molecule has 0 saturated carbocycles. The van der Waals surface area contributed by atoms with Crippen LogP contribution < -0.4 is 5.32 Å². The Morgan fingerprint density at radius 1 is 1.56 bits per heavy atom. The van der Waals surface area contributed by atoms with Crippen LogP contribution in [0.25, 0.3) is 0 Å². The molecule has 0 bridgehead atoms. The number of ether oxygens (including phenoxy) is 1. The van der Waals surface area contributed by atoms with E-state index in [1.54, 1.807) is 0 Å². The van der Waals surface area contributed by atoms with E-state index in [1.807, 2.05) is 6.92 Å². The van der Waals surface area contributed by atoms with Crippen LogP contribution in [0, 0.1) is 6.92 Å². The molecule has 2 rings (SSSR count). The fourth-order valence-corrected chi connectivity index (χ4v) is 3.30. The molecular weight excluding hydrogens is 246 g/mol. The fourth-order valence-electron chi connectivity index (χ4n) is 2.55. The molecule has 1 saturated heterocycles. The second kappa shape index (κ2) is 7.16. The van der Waals surface area contributed by atoms with Gasteiger partial charge in [0.2, 0.25) is 0 Å². The number of nitrogens with one attached hydrogen (secondary N) is 1. The normalized spacial score (nSPS) is 21.3. The molecular formula is C13H23N3OS. The first kappa shape index (κ1) is 13.9. The largest absolute Gasteiger partial charge is 0.378 e. The lowest BCUT2D eigenvalue weighted by molar-refractivity contribution is 0.101. The van der Waals surface area contributed by atoms with Crippen molar-refractivity contribution >= 4 is 11.5 Å². The standard InChI is InChI=1S/C13H23N3OS/c1-3-14-12(13-10(2)15-16-18-13)8-4-6-11-7-5-9-17-11/h11-12,14H,3-9H2,1-2H3. The summed E-state index contributed by atoms with van der Waals surface area (Å²) in [4.78, 5) is 1.30. The van der Waals surface area contributed by atoms with E-state index in [1.165, 1.54) is 42.1 Å². The van der Waals surface area contributed by atoms with Gasteiger partial charge in [-0.15, -0.1) is 5.10 Å². The summed E-state index contributed by atoms with van der Waals surface area (Å²) < 4.78 is 9.70. The van der Waals surface area contributed by atoms with E-state index in [0.717, 1.165) is 25.3 Å². The van der Waals surface area contributed by atoms with Crippen molar-refractivity contribution in [3.05, 3.63) is 10.6 Å². The SMILES string of the molecule is CCNC(CCCC1CCCO1)c1snnc1C. The van der Waals surface area contributed by atoms with Crippen LogP contribution in [0.1, 0.15) is 55.6 Å². The van der Waals surface area contributed by atoms with E-state index in [2.05, 4.69) is 21.8 Å². The third-order valence-corrected chi connectivity index (χ3v) is 4.44. The molecule has 0 aromatic carbocycles.